The fourth-order valence-corrected chi connectivity index (χ4v) is 2.00. The molecule has 22 heavy (non-hydrogen) atoms. The third kappa shape index (κ3) is 3.62. The summed E-state index contributed by atoms with van der Waals surface area (Å²) in [7, 11) is 0. The first-order valence-electron chi connectivity index (χ1n) is 7.50. The highest BCUT2D eigenvalue weighted by atomic mass is 16.5. The molecule has 0 radical (unpaired) electrons. The number of carbonyl (C=O) groups is 1. The average molecular weight is 300 g/mol. The van der Waals surface area contributed by atoms with Gasteiger partial charge in [0.25, 0.3) is 0 Å². The Morgan fingerprint density at radius 1 is 1.18 bits per heavy atom. The smallest absolute Gasteiger partial charge is 0.218 e. The van der Waals surface area contributed by atoms with E-state index < -0.39 is 5.41 Å². The Labute approximate surface area is 131 Å². The molecule has 2 rings (SSSR count). The molecule has 0 saturated carbocycles. The number of pyridine rings is 2. The fourth-order valence-electron chi connectivity index (χ4n) is 2.00. The quantitative estimate of drug-likeness (QED) is 0.862. The van der Waals surface area contributed by atoms with Crippen molar-refractivity contribution in [2.75, 3.05) is 6.61 Å². The van der Waals surface area contributed by atoms with Crippen LogP contribution in [-0.2, 0) is 10.2 Å². The fraction of sp³-hybridized carbons (Fsp3) is 0.500. The molecule has 0 fully saturated rings. The van der Waals surface area contributed by atoms with Crippen molar-refractivity contribution in [1.82, 2.24) is 9.97 Å². The van der Waals surface area contributed by atoms with Crippen molar-refractivity contribution in [1.29, 1.82) is 0 Å². The molecule has 0 saturated heterocycles. The molecule has 0 bridgehead atoms. The van der Waals surface area contributed by atoms with Crippen LogP contribution in [0, 0.1) is 5.41 Å². The van der Waals surface area contributed by atoms with E-state index in [0.29, 0.717) is 5.88 Å². The van der Waals surface area contributed by atoms with Crippen molar-refractivity contribution >= 4 is 16.7 Å². The first kappa shape index (κ1) is 16.4. The van der Waals surface area contributed by atoms with Gasteiger partial charge in [-0.1, -0.05) is 41.5 Å². The zero-order chi connectivity index (χ0) is 16.5. The number of ketones is 1. The summed E-state index contributed by atoms with van der Waals surface area (Å²) in [5.41, 5.74) is 1.26. The maximum Gasteiger partial charge on any atom is 0.218 e. The van der Waals surface area contributed by atoms with Gasteiger partial charge in [0.1, 0.15) is 6.61 Å². The third-order valence-corrected chi connectivity index (χ3v) is 3.56. The lowest BCUT2D eigenvalue weighted by Gasteiger charge is -2.23. The van der Waals surface area contributed by atoms with E-state index in [1.54, 1.807) is 12.4 Å². The minimum absolute atomic E-state index is 0.0379. The first-order chi connectivity index (χ1) is 10.1. The molecule has 0 aliphatic carbocycles. The summed E-state index contributed by atoms with van der Waals surface area (Å²) in [6, 6.07) is 3.90. The van der Waals surface area contributed by atoms with E-state index in [-0.39, 0.29) is 17.8 Å². The summed E-state index contributed by atoms with van der Waals surface area (Å²) >= 11 is 0. The molecule has 4 nitrogen and oxygen atoms in total. The van der Waals surface area contributed by atoms with Gasteiger partial charge in [-0.2, -0.15) is 0 Å². The highest BCUT2D eigenvalue weighted by Gasteiger charge is 2.25. The number of nitrogens with zero attached hydrogens (tertiary/aromatic N) is 2. The standard InChI is InChI=1S/C18H24N2O2/c1-17(2,3)13-9-12-10-19-8-7-14(12)20-16(13)22-11-15(21)18(4,5)6/h7-10H,11H2,1-6H3. The largest absolute Gasteiger partial charge is 0.469 e. The molecule has 2 aromatic heterocycles. The summed E-state index contributed by atoms with van der Waals surface area (Å²) in [4.78, 5) is 20.8. The zero-order valence-electron chi connectivity index (χ0n) is 14.2. The van der Waals surface area contributed by atoms with Gasteiger partial charge in [-0.25, -0.2) is 4.98 Å². The van der Waals surface area contributed by atoms with E-state index in [2.05, 4.69) is 30.7 Å². The van der Waals surface area contributed by atoms with Crippen LogP contribution in [0.5, 0.6) is 5.88 Å². The van der Waals surface area contributed by atoms with Crippen LogP contribution < -0.4 is 4.74 Å². The number of carbonyl (C=O) groups excluding carboxylic acids is 1. The molecule has 0 atom stereocenters. The van der Waals surface area contributed by atoms with Gasteiger partial charge in [0.15, 0.2) is 5.78 Å². The first-order valence-corrected chi connectivity index (χ1v) is 7.50. The molecule has 2 heterocycles. The SMILES string of the molecule is CC(C)(C)C(=O)COc1nc2ccncc2cc1C(C)(C)C. The van der Waals surface area contributed by atoms with Gasteiger partial charge >= 0.3 is 0 Å². The highest BCUT2D eigenvalue weighted by Crippen LogP contribution is 2.32. The predicted molar refractivity (Wildman–Crippen MR) is 88.2 cm³/mol. The Hall–Kier alpha value is -1.97. The van der Waals surface area contributed by atoms with Gasteiger partial charge < -0.3 is 4.74 Å². The summed E-state index contributed by atoms with van der Waals surface area (Å²) < 4.78 is 5.78. The van der Waals surface area contributed by atoms with Crippen LogP contribution in [-0.4, -0.2) is 22.4 Å². The van der Waals surface area contributed by atoms with Crippen molar-refractivity contribution in [3.05, 3.63) is 30.1 Å². The Bertz CT molecular complexity index is 694. The Balaban J connectivity index is 2.40. The zero-order valence-corrected chi connectivity index (χ0v) is 14.2. The molecule has 118 valence electrons. The number of rotatable bonds is 3. The summed E-state index contributed by atoms with van der Waals surface area (Å²) in [5, 5.41) is 0.974. The van der Waals surface area contributed by atoms with Crippen LogP contribution in [0.2, 0.25) is 0 Å². The number of ether oxygens (including phenoxy) is 1. The van der Waals surface area contributed by atoms with Gasteiger partial charge in [-0.05, 0) is 17.5 Å². The topological polar surface area (TPSA) is 52.1 Å². The van der Waals surface area contributed by atoms with Crippen LogP contribution in [0.4, 0.5) is 0 Å². The van der Waals surface area contributed by atoms with E-state index in [1.165, 1.54) is 0 Å². The van der Waals surface area contributed by atoms with Crippen molar-refractivity contribution in [3.63, 3.8) is 0 Å². The van der Waals surface area contributed by atoms with E-state index in [0.717, 1.165) is 16.5 Å². The van der Waals surface area contributed by atoms with E-state index in [9.17, 15) is 4.79 Å². The van der Waals surface area contributed by atoms with Crippen molar-refractivity contribution in [2.24, 2.45) is 5.41 Å². The second-order valence-electron chi connectivity index (χ2n) is 7.62. The highest BCUT2D eigenvalue weighted by molar-refractivity contribution is 5.85. The van der Waals surface area contributed by atoms with Gasteiger partial charge in [0.05, 0.1) is 5.52 Å². The second-order valence-corrected chi connectivity index (χ2v) is 7.62. The molecule has 0 aromatic carbocycles. The Kier molecular flexibility index (Phi) is 4.23. The van der Waals surface area contributed by atoms with Crippen LogP contribution in [0.1, 0.15) is 47.1 Å². The minimum atomic E-state index is -0.414. The van der Waals surface area contributed by atoms with Crippen molar-refractivity contribution in [2.45, 2.75) is 47.0 Å². The summed E-state index contributed by atoms with van der Waals surface area (Å²) in [6.45, 7) is 12.0. The number of hydrogen-bond acceptors (Lipinski definition) is 4. The second kappa shape index (κ2) is 5.67. The normalized spacial score (nSPS) is 12.5. The molecule has 0 spiro atoms. The lowest BCUT2D eigenvalue weighted by molar-refractivity contribution is -0.128. The molecule has 2 aromatic rings. The van der Waals surface area contributed by atoms with Crippen LogP contribution in [0.3, 0.4) is 0 Å². The molecule has 0 aliphatic rings. The molecule has 4 heteroatoms. The Morgan fingerprint density at radius 3 is 2.45 bits per heavy atom. The van der Waals surface area contributed by atoms with Gasteiger partial charge in [0, 0.05) is 28.8 Å². The molecule has 0 N–H and O–H groups in total. The number of Topliss-reactive ketones (excluding diaryl/α,β-unsaturated/α-hetero) is 1. The molecule has 0 aliphatic heterocycles. The minimum Gasteiger partial charge on any atom is -0.469 e. The third-order valence-electron chi connectivity index (χ3n) is 3.56. The van der Waals surface area contributed by atoms with Crippen molar-refractivity contribution < 1.29 is 9.53 Å². The van der Waals surface area contributed by atoms with E-state index in [4.69, 9.17) is 4.74 Å². The number of fused-ring (bicyclic) bond motifs is 1. The van der Waals surface area contributed by atoms with Crippen LogP contribution >= 0.6 is 0 Å². The van der Waals surface area contributed by atoms with Crippen LogP contribution in [0.25, 0.3) is 10.9 Å². The maximum atomic E-state index is 12.1. The van der Waals surface area contributed by atoms with E-state index >= 15 is 0 Å². The predicted octanol–water partition coefficient (Wildman–Crippen LogP) is 3.92. The number of hydrogen-bond donors (Lipinski definition) is 0. The van der Waals surface area contributed by atoms with Gasteiger partial charge in [-0.3, -0.25) is 9.78 Å². The molecule has 0 unspecified atom stereocenters. The van der Waals surface area contributed by atoms with Gasteiger partial charge in [-0.15, -0.1) is 0 Å². The molecular formula is C18H24N2O2. The van der Waals surface area contributed by atoms with E-state index in [1.807, 2.05) is 32.9 Å². The lowest BCUT2D eigenvalue weighted by Crippen LogP contribution is -2.27. The lowest BCUT2D eigenvalue weighted by atomic mass is 9.87. The monoisotopic (exact) mass is 300 g/mol. The molecule has 0 amide bonds. The van der Waals surface area contributed by atoms with Gasteiger partial charge in [0.2, 0.25) is 5.88 Å². The van der Waals surface area contributed by atoms with Crippen LogP contribution in [0.15, 0.2) is 24.5 Å². The van der Waals surface area contributed by atoms with Crippen molar-refractivity contribution in [3.8, 4) is 5.88 Å². The average Bonchev–Trinajstić information content (AvgIpc) is 2.41. The molecular weight excluding hydrogens is 276 g/mol. The summed E-state index contributed by atoms with van der Waals surface area (Å²) in [6.07, 6.45) is 3.50. The number of aromatic nitrogens is 2. The summed E-state index contributed by atoms with van der Waals surface area (Å²) in [5.74, 6) is 0.591. The maximum absolute atomic E-state index is 12.1. The Morgan fingerprint density at radius 2 is 1.86 bits per heavy atom.